The summed E-state index contributed by atoms with van der Waals surface area (Å²) in [6.45, 7) is 4.55. The number of rotatable bonds is 4. The molecule has 3 heterocycles. The number of aromatic nitrogens is 3. The lowest BCUT2D eigenvalue weighted by Crippen LogP contribution is -2.40. The molecule has 4 rings (SSSR count). The fourth-order valence-electron chi connectivity index (χ4n) is 3.91. The van der Waals surface area contributed by atoms with Gasteiger partial charge in [0.1, 0.15) is 17.9 Å². The Hall–Kier alpha value is -2.41. The third-order valence-corrected chi connectivity index (χ3v) is 5.24. The van der Waals surface area contributed by atoms with Gasteiger partial charge in [0.05, 0.1) is 26.1 Å². The monoisotopic (exact) mass is 355 g/mol. The smallest absolute Gasteiger partial charge is 0.228 e. The van der Waals surface area contributed by atoms with Crippen LogP contribution >= 0.6 is 0 Å². The first-order chi connectivity index (χ1) is 12.7. The zero-order valence-corrected chi connectivity index (χ0v) is 15.2. The molecular weight excluding hydrogens is 330 g/mol. The van der Waals surface area contributed by atoms with Crippen LogP contribution in [0, 0.1) is 5.92 Å². The molecule has 0 bridgehead atoms. The lowest BCUT2D eigenvalue weighted by atomic mass is 10.1. The minimum Gasteiger partial charge on any atom is -0.497 e. The van der Waals surface area contributed by atoms with E-state index in [9.17, 15) is 4.79 Å². The van der Waals surface area contributed by atoms with Crippen LogP contribution in [0.2, 0.25) is 0 Å². The van der Waals surface area contributed by atoms with E-state index in [-0.39, 0.29) is 11.8 Å². The van der Waals surface area contributed by atoms with Crippen LogP contribution in [0.25, 0.3) is 0 Å². The van der Waals surface area contributed by atoms with Crippen LogP contribution in [0.4, 0.5) is 0 Å². The number of amides is 1. The number of fused-ring (bicyclic) bond motifs is 1. The van der Waals surface area contributed by atoms with E-state index in [4.69, 9.17) is 4.74 Å². The summed E-state index contributed by atoms with van der Waals surface area (Å²) in [5.41, 5.74) is 1.17. The maximum atomic E-state index is 13.0. The molecule has 0 radical (unpaired) electrons. The topological polar surface area (TPSA) is 63.5 Å². The average molecular weight is 355 g/mol. The van der Waals surface area contributed by atoms with Gasteiger partial charge in [0.15, 0.2) is 0 Å². The molecule has 0 aliphatic carbocycles. The van der Waals surface area contributed by atoms with Crippen LogP contribution in [0.5, 0.6) is 5.75 Å². The minimum absolute atomic E-state index is 0.0818. The Morgan fingerprint density at radius 3 is 2.92 bits per heavy atom. The molecule has 138 valence electrons. The highest BCUT2D eigenvalue weighted by Crippen LogP contribution is 2.22. The van der Waals surface area contributed by atoms with Crippen LogP contribution < -0.4 is 4.74 Å². The molecule has 1 fully saturated rings. The number of nitrogens with zero attached hydrogens (tertiary/aromatic N) is 5. The van der Waals surface area contributed by atoms with E-state index in [1.807, 2.05) is 27.8 Å². The van der Waals surface area contributed by atoms with E-state index in [0.29, 0.717) is 13.1 Å². The molecule has 26 heavy (non-hydrogen) atoms. The molecule has 1 amide bonds. The van der Waals surface area contributed by atoms with Crippen molar-refractivity contribution in [3.05, 3.63) is 42.0 Å². The van der Waals surface area contributed by atoms with Gasteiger partial charge in [0.25, 0.3) is 0 Å². The van der Waals surface area contributed by atoms with Crippen LogP contribution in [-0.2, 0) is 24.4 Å². The van der Waals surface area contributed by atoms with E-state index in [1.165, 1.54) is 5.56 Å². The summed E-state index contributed by atoms with van der Waals surface area (Å²) in [5.74, 6) is 1.94. The first kappa shape index (κ1) is 17.0. The quantitative estimate of drug-likeness (QED) is 0.832. The number of methoxy groups -OCH3 is 1. The zero-order valence-electron chi connectivity index (χ0n) is 15.2. The Morgan fingerprint density at radius 1 is 1.27 bits per heavy atom. The van der Waals surface area contributed by atoms with Crippen molar-refractivity contribution < 1.29 is 9.53 Å². The molecule has 2 aliphatic heterocycles. The molecule has 0 unspecified atom stereocenters. The lowest BCUT2D eigenvalue weighted by molar-refractivity contribution is -0.135. The van der Waals surface area contributed by atoms with Crippen LogP contribution in [0.3, 0.4) is 0 Å². The summed E-state index contributed by atoms with van der Waals surface area (Å²) in [6.07, 6.45) is 3.81. The van der Waals surface area contributed by atoms with E-state index < -0.39 is 0 Å². The molecule has 2 aliphatic rings. The first-order valence-electron chi connectivity index (χ1n) is 9.23. The molecule has 1 saturated heterocycles. The van der Waals surface area contributed by atoms with E-state index in [2.05, 4.69) is 21.0 Å². The van der Waals surface area contributed by atoms with Gasteiger partial charge < -0.3 is 9.64 Å². The van der Waals surface area contributed by atoms with Crippen molar-refractivity contribution in [2.75, 3.05) is 26.7 Å². The first-order valence-corrected chi connectivity index (χ1v) is 9.23. The number of carbonyl (C=O) groups is 1. The highest BCUT2D eigenvalue weighted by atomic mass is 16.5. The van der Waals surface area contributed by atoms with Crippen molar-refractivity contribution in [1.82, 2.24) is 24.6 Å². The number of likely N-dealkylation sites (tertiary alicyclic amines) is 1. The molecule has 7 nitrogen and oxygen atoms in total. The molecule has 0 N–H and O–H groups in total. The maximum absolute atomic E-state index is 13.0. The Kier molecular flexibility index (Phi) is 4.88. The van der Waals surface area contributed by atoms with Gasteiger partial charge >= 0.3 is 0 Å². The SMILES string of the molecule is COc1cccc(CN2Cc3ncnn3C[C@H](C(=O)N3CCCC3)C2)c1. The van der Waals surface area contributed by atoms with Gasteiger partial charge in [0, 0.05) is 26.2 Å². The van der Waals surface area contributed by atoms with Gasteiger partial charge in [-0.05, 0) is 30.5 Å². The summed E-state index contributed by atoms with van der Waals surface area (Å²) in [4.78, 5) is 21.7. The van der Waals surface area contributed by atoms with Crippen molar-refractivity contribution in [3.63, 3.8) is 0 Å². The molecule has 7 heteroatoms. The van der Waals surface area contributed by atoms with Crippen LogP contribution in [-0.4, -0.2) is 57.2 Å². The number of carbonyl (C=O) groups excluding carboxylic acids is 1. The third kappa shape index (κ3) is 3.58. The zero-order chi connectivity index (χ0) is 17.9. The third-order valence-electron chi connectivity index (χ3n) is 5.24. The van der Waals surface area contributed by atoms with Crippen molar-refractivity contribution >= 4 is 5.91 Å². The fraction of sp³-hybridized carbons (Fsp3) is 0.526. The van der Waals surface area contributed by atoms with Crippen LogP contribution in [0.1, 0.15) is 24.2 Å². The standard InChI is InChI=1S/C19H25N5O2/c1-26-17-6-4-5-15(9-17)10-22-11-16(19(25)23-7-2-3-8-23)12-24-18(13-22)20-14-21-24/h4-6,9,14,16H,2-3,7-8,10-13H2,1H3/t16-/m1/s1. The average Bonchev–Trinajstić information content (AvgIpc) is 3.31. The summed E-state index contributed by atoms with van der Waals surface area (Å²) in [6, 6.07) is 8.09. The summed E-state index contributed by atoms with van der Waals surface area (Å²) in [5, 5.41) is 4.33. The molecule has 2 aromatic rings. The van der Waals surface area contributed by atoms with Crippen molar-refractivity contribution in [1.29, 1.82) is 0 Å². The van der Waals surface area contributed by atoms with Gasteiger partial charge in [-0.2, -0.15) is 5.10 Å². The largest absolute Gasteiger partial charge is 0.497 e. The van der Waals surface area contributed by atoms with E-state index >= 15 is 0 Å². The minimum atomic E-state index is -0.0818. The lowest BCUT2D eigenvalue weighted by Gasteiger charge is -2.26. The second kappa shape index (κ2) is 7.45. The van der Waals surface area contributed by atoms with Crippen molar-refractivity contribution in [2.45, 2.75) is 32.5 Å². The maximum Gasteiger partial charge on any atom is 0.228 e. The number of benzene rings is 1. The highest BCUT2D eigenvalue weighted by Gasteiger charge is 2.32. The van der Waals surface area contributed by atoms with Gasteiger partial charge in [-0.15, -0.1) is 0 Å². The van der Waals surface area contributed by atoms with Gasteiger partial charge in [-0.1, -0.05) is 12.1 Å². The normalized spacial score (nSPS) is 20.7. The number of ether oxygens (including phenoxy) is 1. The van der Waals surface area contributed by atoms with Crippen molar-refractivity contribution in [2.24, 2.45) is 5.92 Å². The Balaban J connectivity index is 1.54. The Labute approximate surface area is 153 Å². The summed E-state index contributed by atoms with van der Waals surface area (Å²) < 4.78 is 7.23. The Bertz CT molecular complexity index is 769. The molecule has 0 saturated carbocycles. The molecule has 1 aromatic heterocycles. The molecule has 0 spiro atoms. The summed E-state index contributed by atoms with van der Waals surface area (Å²) >= 11 is 0. The van der Waals surface area contributed by atoms with Gasteiger partial charge in [0.2, 0.25) is 5.91 Å². The molecular formula is C19H25N5O2. The van der Waals surface area contributed by atoms with Crippen molar-refractivity contribution in [3.8, 4) is 5.75 Å². The summed E-state index contributed by atoms with van der Waals surface area (Å²) in [7, 11) is 1.68. The Morgan fingerprint density at radius 2 is 2.12 bits per heavy atom. The highest BCUT2D eigenvalue weighted by molar-refractivity contribution is 5.79. The number of hydrogen-bond acceptors (Lipinski definition) is 5. The molecule has 1 aromatic carbocycles. The van der Waals surface area contributed by atoms with Gasteiger partial charge in [-0.3, -0.25) is 9.69 Å². The van der Waals surface area contributed by atoms with Crippen LogP contribution in [0.15, 0.2) is 30.6 Å². The second-order valence-corrected chi connectivity index (χ2v) is 7.11. The predicted molar refractivity (Wildman–Crippen MR) is 96.4 cm³/mol. The molecule has 1 atom stereocenters. The van der Waals surface area contributed by atoms with E-state index in [1.54, 1.807) is 13.4 Å². The number of hydrogen-bond donors (Lipinski definition) is 0. The van der Waals surface area contributed by atoms with Gasteiger partial charge in [-0.25, -0.2) is 9.67 Å². The second-order valence-electron chi connectivity index (χ2n) is 7.11. The van der Waals surface area contributed by atoms with E-state index in [0.717, 1.165) is 50.6 Å². The predicted octanol–water partition coefficient (Wildman–Crippen LogP) is 1.54. The fourth-order valence-corrected chi connectivity index (χ4v) is 3.91.